The van der Waals surface area contributed by atoms with Crippen molar-refractivity contribution in [2.45, 2.75) is 46.6 Å². The Morgan fingerprint density at radius 3 is 2.21 bits per heavy atom. The van der Waals surface area contributed by atoms with Gasteiger partial charge in [0.15, 0.2) is 17.7 Å². The maximum Gasteiger partial charge on any atom is 0.306 e. The van der Waals surface area contributed by atoms with Crippen molar-refractivity contribution < 1.29 is 23.9 Å². The summed E-state index contributed by atoms with van der Waals surface area (Å²) < 4.78 is 5.17. The largest absolute Gasteiger partial charge is 0.454 e. The van der Waals surface area contributed by atoms with Crippen LogP contribution in [0.1, 0.15) is 69.2 Å². The highest BCUT2D eigenvalue weighted by Crippen LogP contribution is 2.20. The second kappa shape index (κ2) is 8.97. The Kier molecular flexibility index (Phi) is 6.91. The first-order chi connectivity index (χ1) is 13.1. The van der Waals surface area contributed by atoms with E-state index < -0.39 is 17.9 Å². The number of rotatable bonds is 8. The quantitative estimate of drug-likeness (QED) is 0.525. The van der Waals surface area contributed by atoms with Crippen LogP contribution < -0.4 is 0 Å². The zero-order chi connectivity index (χ0) is 21.0. The molecule has 0 radical (unpaired) electrons. The molecule has 2 rings (SSSR count). The summed E-state index contributed by atoms with van der Waals surface area (Å²) in [5.74, 6) is -1.42. The number of Topliss-reactive ketones (excluding diaryl/α,β-unsaturated/α-hetero) is 3. The minimum absolute atomic E-state index is 0.0313. The van der Waals surface area contributed by atoms with Gasteiger partial charge >= 0.3 is 5.97 Å². The number of benzene rings is 1. The average molecular weight is 404 g/mol. The van der Waals surface area contributed by atoms with Gasteiger partial charge in [0, 0.05) is 28.3 Å². The lowest BCUT2D eigenvalue weighted by Gasteiger charge is -2.12. The third-order valence-electron chi connectivity index (χ3n) is 4.44. The van der Waals surface area contributed by atoms with Gasteiger partial charge in [-0.05, 0) is 57.5 Å². The molecule has 7 heteroatoms. The molecule has 0 aliphatic carbocycles. The molecule has 0 spiro atoms. The van der Waals surface area contributed by atoms with Crippen molar-refractivity contribution in [3.63, 3.8) is 0 Å². The van der Waals surface area contributed by atoms with E-state index in [1.54, 1.807) is 38.1 Å². The SMILES string of the molecule is CC(=O)c1c(C)[nH]c(C(=O)[C@H](C)OC(=O)CCC(=O)c2ccc(Cl)cc2)c1C. The Labute approximate surface area is 168 Å². The molecule has 6 nitrogen and oxygen atoms in total. The standard InChI is InChI=1S/C21H22ClNO5/c1-11-19(13(3)24)12(2)23-20(11)21(27)14(4)28-18(26)10-9-17(25)15-5-7-16(22)8-6-15/h5-8,14,23H,9-10H2,1-4H3/t14-/m0/s1. The number of ketones is 3. The zero-order valence-corrected chi connectivity index (χ0v) is 17.0. The Morgan fingerprint density at radius 2 is 1.68 bits per heavy atom. The normalized spacial score (nSPS) is 11.8. The molecular weight excluding hydrogens is 382 g/mol. The summed E-state index contributed by atoms with van der Waals surface area (Å²) in [6, 6.07) is 6.38. The first kappa shape index (κ1) is 21.6. The van der Waals surface area contributed by atoms with E-state index in [1.807, 2.05) is 0 Å². The topological polar surface area (TPSA) is 93.3 Å². The molecule has 0 aliphatic heterocycles. The number of esters is 1. The minimum atomic E-state index is -1.03. The van der Waals surface area contributed by atoms with Gasteiger partial charge in [-0.15, -0.1) is 0 Å². The number of aryl methyl sites for hydroxylation is 1. The molecule has 1 heterocycles. The summed E-state index contributed by atoms with van der Waals surface area (Å²) in [6.07, 6.45) is -1.20. The van der Waals surface area contributed by atoms with E-state index in [0.717, 1.165) is 0 Å². The maximum absolute atomic E-state index is 12.6. The van der Waals surface area contributed by atoms with Crippen LogP contribution in [0.3, 0.4) is 0 Å². The van der Waals surface area contributed by atoms with E-state index in [1.165, 1.54) is 13.8 Å². The number of H-pyrrole nitrogens is 1. The Balaban J connectivity index is 1.96. The van der Waals surface area contributed by atoms with Crippen molar-refractivity contribution in [1.82, 2.24) is 4.98 Å². The third-order valence-corrected chi connectivity index (χ3v) is 4.69. The van der Waals surface area contributed by atoms with Crippen molar-refractivity contribution in [3.8, 4) is 0 Å². The number of hydrogen-bond acceptors (Lipinski definition) is 5. The lowest BCUT2D eigenvalue weighted by atomic mass is 10.0. The molecule has 2 aromatic rings. The first-order valence-electron chi connectivity index (χ1n) is 8.84. The minimum Gasteiger partial charge on any atom is -0.454 e. The van der Waals surface area contributed by atoms with Crippen molar-refractivity contribution in [2.75, 3.05) is 0 Å². The van der Waals surface area contributed by atoms with Crippen LogP contribution in [0.4, 0.5) is 0 Å². The molecule has 1 N–H and O–H groups in total. The summed E-state index contributed by atoms with van der Waals surface area (Å²) in [6.45, 7) is 6.27. The zero-order valence-electron chi connectivity index (χ0n) is 16.2. The summed E-state index contributed by atoms with van der Waals surface area (Å²) in [7, 11) is 0. The molecule has 0 unspecified atom stereocenters. The fourth-order valence-corrected chi connectivity index (χ4v) is 3.16. The van der Waals surface area contributed by atoms with Crippen molar-refractivity contribution in [1.29, 1.82) is 0 Å². The molecule has 148 valence electrons. The van der Waals surface area contributed by atoms with E-state index in [2.05, 4.69) is 4.98 Å². The van der Waals surface area contributed by atoms with Gasteiger partial charge in [-0.1, -0.05) is 11.6 Å². The molecule has 1 aromatic carbocycles. The second-order valence-electron chi connectivity index (χ2n) is 6.61. The summed E-state index contributed by atoms with van der Waals surface area (Å²) in [5, 5.41) is 0.520. The molecule has 0 saturated carbocycles. The third kappa shape index (κ3) is 4.95. The van der Waals surface area contributed by atoms with Gasteiger partial charge < -0.3 is 9.72 Å². The predicted molar refractivity (Wildman–Crippen MR) is 105 cm³/mol. The molecule has 28 heavy (non-hydrogen) atoms. The summed E-state index contributed by atoms with van der Waals surface area (Å²) in [4.78, 5) is 51.3. The molecule has 0 aliphatic rings. The van der Waals surface area contributed by atoms with Crippen molar-refractivity contribution in [2.24, 2.45) is 0 Å². The van der Waals surface area contributed by atoms with Crippen LogP contribution in [0.2, 0.25) is 5.02 Å². The van der Waals surface area contributed by atoms with Crippen molar-refractivity contribution >= 4 is 34.9 Å². The van der Waals surface area contributed by atoms with Gasteiger partial charge in [0.1, 0.15) is 0 Å². The van der Waals surface area contributed by atoms with Crippen LogP contribution in [0.5, 0.6) is 0 Å². The Morgan fingerprint density at radius 1 is 1.07 bits per heavy atom. The van der Waals surface area contributed by atoms with Crippen LogP contribution >= 0.6 is 11.6 Å². The number of carbonyl (C=O) groups is 4. The smallest absolute Gasteiger partial charge is 0.306 e. The maximum atomic E-state index is 12.6. The van der Waals surface area contributed by atoms with Crippen LogP contribution in [0.15, 0.2) is 24.3 Å². The fraction of sp³-hybridized carbons (Fsp3) is 0.333. The number of aromatic amines is 1. The van der Waals surface area contributed by atoms with Gasteiger partial charge in [0.2, 0.25) is 5.78 Å². The molecule has 0 fully saturated rings. The lowest BCUT2D eigenvalue weighted by Crippen LogP contribution is -2.25. The highest BCUT2D eigenvalue weighted by atomic mass is 35.5. The first-order valence-corrected chi connectivity index (χ1v) is 9.22. The summed E-state index contributed by atoms with van der Waals surface area (Å²) >= 11 is 5.78. The Bertz CT molecular complexity index is 927. The summed E-state index contributed by atoms with van der Waals surface area (Å²) in [5.41, 5.74) is 2.31. The average Bonchev–Trinajstić information content (AvgIpc) is 2.93. The van der Waals surface area contributed by atoms with E-state index in [9.17, 15) is 19.2 Å². The monoisotopic (exact) mass is 403 g/mol. The molecule has 0 amide bonds. The second-order valence-corrected chi connectivity index (χ2v) is 7.04. The van der Waals surface area contributed by atoms with Gasteiger partial charge in [-0.3, -0.25) is 19.2 Å². The molecule has 1 atom stereocenters. The molecule has 0 bridgehead atoms. The van der Waals surface area contributed by atoms with E-state index in [0.29, 0.717) is 27.4 Å². The van der Waals surface area contributed by atoms with Gasteiger partial charge in [-0.2, -0.15) is 0 Å². The number of halogens is 1. The highest BCUT2D eigenvalue weighted by molar-refractivity contribution is 6.30. The number of hydrogen-bond donors (Lipinski definition) is 1. The van der Waals surface area contributed by atoms with Crippen molar-refractivity contribution in [3.05, 3.63) is 57.4 Å². The van der Waals surface area contributed by atoms with E-state index >= 15 is 0 Å². The van der Waals surface area contributed by atoms with E-state index in [4.69, 9.17) is 16.3 Å². The predicted octanol–water partition coefficient (Wildman–Crippen LogP) is 4.27. The fourth-order valence-electron chi connectivity index (χ4n) is 3.03. The van der Waals surface area contributed by atoms with Crippen LogP contribution in [-0.2, 0) is 9.53 Å². The number of carbonyl (C=O) groups excluding carboxylic acids is 4. The van der Waals surface area contributed by atoms with Gasteiger partial charge in [0.05, 0.1) is 12.1 Å². The lowest BCUT2D eigenvalue weighted by molar-refractivity contribution is -0.146. The van der Waals surface area contributed by atoms with Crippen LogP contribution in [0.25, 0.3) is 0 Å². The van der Waals surface area contributed by atoms with Crippen LogP contribution in [0, 0.1) is 13.8 Å². The highest BCUT2D eigenvalue weighted by Gasteiger charge is 2.26. The number of nitrogens with one attached hydrogen (secondary N) is 1. The molecule has 1 aromatic heterocycles. The number of aromatic nitrogens is 1. The van der Waals surface area contributed by atoms with E-state index in [-0.39, 0.29) is 30.1 Å². The Hall–Kier alpha value is -2.73. The molecular formula is C21H22ClNO5. The molecule has 0 saturated heterocycles. The van der Waals surface area contributed by atoms with Crippen LogP contribution in [-0.4, -0.2) is 34.4 Å². The van der Waals surface area contributed by atoms with Gasteiger partial charge in [0.25, 0.3) is 0 Å². The van der Waals surface area contributed by atoms with Gasteiger partial charge in [-0.25, -0.2) is 0 Å². The number of ether oxygens (including phenoxy) is 1.